The Balaban J connectivity index is 1.84. The summed E-state index contributed by atoms with van der Waals surface area (Å²) < 4.78 is 12.8. The zero-order valence-corrected chi connectivity index (χ0v) is 16.4. The Labute approximate surface area is 155 Å². The van der Waals surface area contributed by atoms with Gasteiger partial charge in [0.05, 0.1) is 11.2 Å². The standard InChI is InChI=1S/C23H25BO2/c1-21(2)16-11-7-9-14-13-18(24-25-22(3,4)23(5,6)26-24)15-10-8-12-17(21)20(15)19(14)16/h7-13H,1-6H3. The highest BCUT2D eigenvalue weighted by atomic mass is 16.7. The van der Waals surface area contributed by atoms with E-state index in [0.29, 0.717) is 0 Å². The molecule has 3 heteroatoms. The van der Waals surface area contributed by atoms with Crippen LogP contribution in [0.2, 0.25) is 0 Å². The van der Waals surface area contributed by atoms with Crippen molar-refractivity contribution in [1.29, 1.82) is 0 Å². The number of hydrogen-bond acceptors (Lipinski definition) is 2. The fourth-order valence-electron chi connectivity index (χ4n) is 4.63. The summed E-state index contributed by atoms with van der Waals surface area (Å²) in [6, 6.07) is 15.6. The smallest absolute Gasteiger partial charge is 0.399 e. The van der Waals surface area contributed by atoms with Crippen LogP contribution < -0.4 is 5.46 Å². The van der Waals surface area contributed by atoms with E-state index in [1.54, 1.807) is 0 Å². The molecule has 5 rings (SSSR count). The minimum atomic E-state index is -0.341. The summed E-state index contributed by atoms with van der Waals surface area (Å²) in [6.45, 7) is 13.1. The first-order valence-electron chi connectivity index (χ1n) is 9.48. The lowest BCUT2D eigenvalue weighted by Crippen LogP contribution is -2.41. The van der Waals surface area contributed by atoms with Gasteiger partial charge >= 0.3 is 7.12 Å². The Morgan fingerprint density at radius 1 is 0.731 bits per heavy atom. The Morgan fingerprint density at radius 2 is 1.31 bits per heavy atom. The van der Waals surface area contributed by atoms with Gasteiger partial charge in [-0.2, -0.15) is 0 Å². The van der Waals surface area contributed by atoms with Crippen LogP contribution in [0, 0.1) is 0 Å². The Morgan fingerprint density at radius 3 is 1.96 bits per heavy atom. The summed E-state index contributed by atoms with van der Waals surface area (Å²) in [5.74, 6) is 0. The van der Waals surface area contributed by atoms with Crippen molar-refractivity contribution in [3.63, 3.8) is 0 Å². The van der Waals surface area contributed by atoms with Crippen LogP contribution in [0.4, 0.5) is 0 Å². The molecule has 0 amide bonds. The van der Waals surface area contributed by atoms with Crippen molar-refractivity contribution in [2.45, 2.75) is 58.2 Å². The summed E-state index contributed by atoms with van der Waals surface area (Å²) >= 11 is 0. The van der Waals surface area contributed by atoms with Gasteiger partial charge < -0.3 is 9.31 Å². The van der Waals surface area contributed by atoms with Gasteiger partial charge in [-0.1, -0.05) is 56.3 Å². The van der Waals surface area contributed by atoms with Crippen molar-refractivity contribution in [1.82, 2.24) is 0 Å². The van der Waals surface area contributed by atoms with Crippen molar-refractivity contribution >= 4 is 34.1 Å². The van der Waals surface area contributed by atoms with Gasteiger partial charge in [0.1, 0.15) is 0 Å². The predicted octanol–water partition coefficient (Wildman–Crippen LogP) is 4.93. The molecule has 2 nitrogen and oxygen atoms in total. The van der Waals surface area contributed by atoms with Crippen molar-refractivity contribution in [3.05, 3.63) is 53.6 Å². The lowest BCUT2D eigenvalue weighted by atomic mass is 9.74. The lowest BCUT2D eigenvalue weighted by molar-refractivity contribution is 0.00578. The van der Waals surface area contributed by atoms with E-state index in [2.05, 4.69) is 84.0 Å². The van der Waals surface area contributed by atoms with E-state index in [1.807, 2.05) is 0 Å². The summed E-state index contributed by atoms with van der Waals surface area (Å²) in [5.41, 5.74) is 3.31. The molecular formula is C23H25BO2. The highest BCUT2D eigenvalue weighted by Gasteiger charge is 2.52. The van der Waals surface area contributed by atoms with E-state index in [1.165, 1.54) is 32.7 Å². The maximum Gasteiger partial charge on any atom is 0.495 e. The minimum absolute atomic E-state index is 0.0237. The van der Waals surface area contributed by atoms with Crippen LogP contribution >= 0.6 is 0 Å². The highest BCUT2D eigenvalue weighted by molar-refractivity contribution is 6.66. The van der Waals surface area contributed by atoms with Crippen molar-refractivity contribution in [3.8, 4) is 0 Å². The fraction of sp³-hybridized carbons (Fsp3) is 0.391. The second-order valence-electron chi connectivity index (χ2n) is 9.31. The van der Waals surface area contributed by atoms with Gasteiger partial charge in [-0.05, 0) is 65.8 Å². The first kappa shape index (κ1) is 16.3. The molecule has 0 bridgehead atoms. The molecule has 0 spiro atoms. The number of rotatable bonds is 1. The molecule has 0 radical (unpaired) electrons. The average Bonchev–Trinajstić information content (AvgIpc) is 2.94. The second-order valence-corrected chi connectivity index (χ2v) is 9.31. The quantitative estimate of drug-likeness (QED) is 0.460. The molecule has 3 aromatic rings. The van der Waals surface area contributed by atoms with E-state index in [-0.39, 0.29) is 23.7 Å². The summed E-state index contributed by atoms with van der Waals surface area (Å²) in [5, 5.41) is 5.29. The highest BCUT2D eigenvalue weighted by Crippen LogP contribution is 2.48. The largest absolute Gasteiger partial charge is 0.495 e. The van der Waals surface area contributed by atoms with Crippen LogP contribution in [0.1, 0.15) is 52.7 Å². The molecule has 132 valence electrons. The van der Waals surface area contributed by atoms with Gasteiger partial charge in [-0.3, -0.25) is 0 Å². The van der Waals surface area contributed by atoms with Crippen LogP contribution in [0.5, 0.6) is 0 Å². The molecule has 2 aliphatic rings. The van der Waals surface area contributed by atoms with E-state index in [4.69, 9.17) is 9.31 Å². The molecule has 3 aromatic carbocycles. The molecule has 1 aliphatic heterocycles. The lowest BCUT2D eigenvalue weighted by Gasteiger charge is -2.32. The van der Waals surface area contributed by atoms with E-state index in [9.17, 15) is 0 Å². The molecule has 0 unspecified atom stereocenters. The van der Waals surface area contributed by atoms with E-state index < -0.39 is 0 Å². The maximum atomic E-state index is 6.39. The van der Waals surface area contributed by atoms with Crippen LogP contribution in [-0.2, 0) is 14.7 Å². The molecule has 1 aliphatic carbocycles. The second kappa shape index (κ2) is 4.71. The van der Waals surface area contributed by atoms with Crippen LogP contribution in [0.25, 0.3) is 21.5 Å². The van der Waals surface area contributed by atoms with Crippen molar-refractivity contribution in [2.24, 2.45) is 0 Å². The average molecular weight is 344 g/mol. The van der Waals surface area contributed by atoms with Crippen LogP contribution in [0.15, 0.2) is 42.5 Å². The van der Waals surface area contributed by atoms with Crippen molar-refractivity contribution < 1.29 is 9.31 Å². The summed E-state index contributed by atoms with van der Waals surface area (Å²) in [6.07, 6.45) is 0. The molecule has 1 saturated heterocycles. The van der Waals surface area contributed by atoms with Crippen LogP contribution in [-0.4, -0.2) is 18.3 Å². The Hall–Kier alpha value is -1.84. The van der Waals surface area contributed by atoms with Gasteiger partial charge in [0.15, 0.2) is 0 Å². The first-order chi connectivity index (χ1) is 12.1. The first-order valence-corrected chi connectivity index (χ1v) is 9.48. The van der Waals surface area contributed by atoms with Gasteiger partial charge in [-0.25, -0.2) is 0 Å². The van der Waals surface area contributed by atoms with Gasteiger partial charge in [0.2, 0.25) is 0 Å². The topological polar surface area (TPSA) is 18.5 Å². The third-order valence-electron chi connectivity index (χ3n) is 6.89. The van der Waals surface area contributed by atoms with E-state index >= 15 is 0 Å². The molecule has 0 aromatic heterocycles. The zero-order valence-electron chi connectivity index (χ0n) is 16.4. The van der Waals surface area contributed by atoms with Gasteiger partial charge in [0, 0.05) is 5.41 Å². The molecule has 0 N–H and O–H groups in total. The van der Waals surface area contributed by atoms with Gasteiger partial charge in [0.25, 0.3) is 0 Å². The molecule has 0 atom stereocenters. The maximum absolute atomic E-state index is 6.39. The van der Waals surface area contributed by atoms with Crippen LogP contribution in [0.3, 0.4) is 0 Å². The third-order valence-corrected chi connectivity index (χ3v) is 6.89. The Kier molecular flexibility index (Phi) is 2.96. The molecule has 1 heterocycles. The molecule has 1 fully saturated rings. The SMILES string of the molecule is CC1(C)c2cccc3cc(B4OC(C)(C)C(C)(C)O4)c4cccc1c4c23. The summed E-state index contributed by atoms with van der Waals surface area (Å²) in [7, 11) is -0.341. The number of hydrogen-bond donors (Lipinski definition) is 0. The summed E-state index contributed by atoms with van der Waals surface area (Å²) in [4.78, 5) is 0. The molecule has 26 heavy (non-hydrogen) atoms. The normalized spacial score (nSPS) is 22.0. The molecular weight excluding hydrogens is 319 g/mol. The zero-order chi connectivity index (χ0) is 18.5. The monoisotopic (exact) mass is 344 g/mol. The Bertz CT molecular complexity index is 1060. The molecule has 0 saturated carbocycles. The fourth-order valence-corrected chi connectivity index (χ4v) is 4.63. The van der Waals surface area contributed by atoms with Gasteiger partial charge in [-0.15, -0.1) is 0 Å². The minimum Gasteiger partial charge on any atom is -0.399 e. The predicted molar refractivity (Wildman–Crippen MR) is 109 cm³/mol. The third kappa shape index (κ3) is 1.85. The van der Waals surface area contributed by atoms with E-state index in [0.717, 1.165) is 5.46 Å². The number of benzene rings is 3. The van der Waals surface area contributed by atoms with Crippen molar-refractivity contribution in [2.75, 3.05) is 0 Å².